The lowest BCUT2D eigenvalue weighted by Crippen LogP contribution is -2.50. The van der Waals surface area contributed by atoms with Gasteiger partial charge >= 0.3 is 5.97 Å². The van der Waals surface area contributed by atoms with E-state index in [0.717, 1.165) is 11.4 Å². The third-order valence-electron chi connectivity index (χ3n) is 3.48. The van der Waals surface area contributed by atoms with E-state index >= 15 is 0 Å². The van der Waals surface area contributed by atoms with E-state index in [2.05, 4.69) is 5.32 Å². The number of fused-ring (bicyclic) bond motifs is 1. The number of hydrogen-bond acceptors (Lipinski definition) is 5. The van der Waals surface area contributed by atoms with Crippen molar-refractivity contribution in [2.45, 2.75) is 12.6 Å². The Morgan fingerprint density at radius 2 is 2.22 bits per heavy atom. The van der Waals surface area contributed by atoms with Crippen molar-refractivity contribution in [2.24, 2.45) is 0 Å². The molecule has 23 heavy (non-hydrogen) atoms. The third-order valence-corrected chi connectivity index (χ3v) is 3.84. The molecule has 6 nitrogen and oxygen atoms in total. The van der Waals surface area contributed by atoms with Crippen molar-refractivity contribution in [3.63, 3.8) is 0 Å². The lowest BCUT2D eigenvalue weighted by atomic mass is 10.2. The van der Waals surface area contributed by atoms with Crippen molar-refractivity contribution in [3.8, 4) is 5.75 Å². The minimum Gasteiger partial charge on any atom is -0.475 e. The summed E-state index contributed by atoms with van der Waals surface area (Å²) in [5, 5.41) is 3.62. The smallest absolute Gasteiger partial charge is 0.348 e. The molecule has 7 heteroatoms. The van der Waals surface area contributed by atoms with Crippen molar-refractivity contribution in [1.82, 2.24) is 5.32 Å². The van der Waals surface area contributed by atoms with Crippen LogP contribution in [0, 0.1) is 0 Å². The molecule has 0 fully saturated rings. The first-order valence-corrected chi connectivity index (χ1v) is 7.51. The fourth-order valence-corrected chi connectivity index (χ4v) is 2.60. The van der Waals surface area contributed by atoms with E-state index in [1.165, 1.54) is 7.11 Å². The number of benzene rings is 1. The van der Waals surface area contributed by atoms with Gasteiger partial charge in [-0.25, -0.2) is 4.79 Å². The Kier molecular flexibility index (Phi) is 4.47. The second-order valence-corrected chi connectivity index (χ2v) is 5.33. The van der Waals surface area contributed by atoms with Crippen molar-refractivity contribution < 1.29 is 18.7 Å². The minimum absolute atomic E-state index is 0.285. The topological polar surface area (TPSA) is 63.9 Å². The number of ether oxygens (including phenoxy) is 2. The predicted molar refractivity (Wildman–Crippen MR) is 88.4 cm³/mol. The first kappa shape index (κ1) is 15.4. The van der Waals surface area contributed by atoms with Crippen LogP contribution in [-0.2, 0) is 16.1 Å². The monoisotopic (exact) mass is 332 g/mol. The van der Waals surface area contributed by atoms with E-state index in [0.29, 0.717) is 17.4 Å². The highest BCUT2D eigenvalue weighted by atomic mass is 32.1. The maximum Gasteiger partial charge on any atom is 0.348 e. The number of hydrogen-bond donors (Lipinski definition) is 1. The van der Waals surface area contributed by atoms with Crippen LogP contribution < -0.4 is 15.0 Å². The molecule has 0 saturated carbocycles. The molecule has 1 N–H and O–H groups in total. The van der Waals surface area contributed by atoms with Gasteiger partial charge in [0.1, 0.15) is 11.5 Å². The van der Waals surface area contributed by atoms with E-state index in [1.54, 1.807) is 12.3 Å². The zero-order valence-electron chi connectivity index (χ0n) is 12.5. The standard InChI is InChI=1S/C16H16N2O4S/c1-20-15(19)14-10-18(12-6-2-3-7-13(12)22-14)16(23)17-9-11-5-4-8-21-11/h2-8,14H,9-10H2,1H3,(H,17,23)/t14-/m1/s1. The largest absolute Gasteiger partial charge is 0.475 e. The quantitative estimate of drug-likeness (QED) is 0.682. The van der Waals surface area contributed by atoms with Crippen LogP contribution in [-0.4, -0.2) is 30.8 Å². The zero-order chi connectivity index (χ0) is 16.2. The van der Waals surface area contributed by atoms with Gasteiger partial charge in [0, 0.05) is 0 Å². The number of para-hydroxylation sites is 2. The Hall–Kier alpha value is -2.54. The van der Waals surface area contributed by atoms with Gasteiger partial charge in [0.25, 0.3) is 0 Å². The van der Waals surface area contributed by atoms with E-state index in [-0.39, 0.29) is 6.54 Å². The molecular weight excluding hydrogens is 316 g/mol. The number of nitrogens with zero attached hydrogens (tertiary/aromatic N) is 1. The van der Waals surface area contributed by atoms with Gasteiger partial charge < -0.3 is 24.1 Å². The maximum absolute atomic E-state index is 11.8. The highest BCUT2D eigenvalue weighted by Crippen LogP contribution is 2.33. The van der Waals surface area contributed by atoms with Gasteiger partial charge in [0.2, 0.25) is 6.10 Å². The molecule has 0 radical (unpaired) electrons. The van der Waals surface area contributed by atoms with E-state index < -0.39 is 12.1 Å². The van der Waals surface area contributed by atoms with Crippen molar-refractivity contribution >= 4 is 29.0 Å². The molecule has 1 atom stereocenters. The van der Waals surface area contributed by atoms with Crippen LogP contribution in [0.1, 0.15) is 5.76 Å². The van der Waals surface area contributed by atoms with Gasteiger partial charge in [-0.3, -0.25) is 0 Å². The predicted octanol–water partition coefficient (Wildman–Crippen LogP) is 2.09. The third kappa shape index (κ3) is 3.29. The van der Waals surface area contributed by atoms with Crippen LogP contribution in [0.4, 0.5) is 5.69 Å². The Balaban J connectivity index is 1.78. The first-order valence-electron chi connectivity index (χ1n) is 7.10. The molecule has 3 rings (SSSR count). The maximum atomic E-state index is 11.8. The van der Waals surface area contributed by atoms with Gasteiger partial charge in [-0.15, -0.1) is 0 Å². The zero-order valence-corrected chi connectivity index (χ0v) is 13.3. The summed E-state index contributed by atoms with van der Waals surface area (Å²) in [5.74, 6) is 0.938. The van der Waals surface area contributed by atoms with Gasteiger partial charge in [-0.05, 0) is 36.5 Å². The second-order valence-electron chi connectivity index (χ2n) is 4.95. The average molecular weight is 332 g/mol. The Labute approximate surface area is 139 Å². The summed E-state index contributed by atoms with van der Waals surface area (Å²) in [6.45, 7) is 0.752. The molecule has 2 heterocycles. The SMILES string of the molecule is COC(=O)[C@H]1CN(C(=S)NCc2ccco2)c2ccccc2O1. The van der Waals surface area contributed by atoms with E-state index in [9.17, 15) is 4.79 Å². The molecule has 0 unspecified atom stereocenters. The van der Waals surface area contributed by atoms with Crippen molar-refractivity contribution in [1.29, 1.82) is 0 Å². The van der Waals surface area contributed by atoms with E-state index in [4.69, 9.17) is 26.1 Å². The molecule has 0 amide bonds. The number of anilines is 1. The lowest BCUT2D eigenvalue weighted by molar-refractivity contribution is -0.148. The van der Waals surface area contributed by atoms with Crippen LogP contribution in [0.2, 0.25) is 0 Å². The highest BCUT2D eigenvalue weighted by molar-refractivity contribution is 7.80. The summed E-state index contributed by atoms with van der Waals surface area (Å²) in [4.78, 5) is 13.7. The molecule has 0 saturated heterocycles. The molecule has 1 aromatic carbocycles. The number of thiocarbonyl (C=S) groups is 1. The summed E-state index contributed by atoms with van der Waals surface area (Å²) >= 11 is 5.46. The minimum atomic E-state index is -0.724. The Bertz CT molecular complexity index is 702. The fourth-order valence-electron chi connectivity index (χ4n) is 2.35. The number of carbonyl (C=O) groups is 1. The number of nitrogens with one attached hydrogen (secondary N) is 1. The molecule has 1 aliphatic heterocycles. The van der Waals surface area contributed by atoms with Crippen molar-refractivity contribution in [3.05, 3.63) is 48.4 Å². The average Bonchev–Trinajstić information content (AvgIpc) is 3.11. The number of rotatable bonds is 3. The van der Waals surface area contributed by atoms with Crippen LogP contribution in [0.25, 0.3) is 0 Å². The highest BCUT2D eigenvalue weighted by Gasteiger charge is 2.33. The van der Waals surface area contributed by atoms with Gasteiger partial charge in [-0.1, -0.05) is 12.1 Å². The Morgan fingerprint density at radius 3 is 2.96 bits per heavy atom. The van der Waals surface area contributed by atoms with E-state index in [1.807, 2.05) is 35.2 Å². The molecule has 1 aliphatic rings. The number of esters is 1. The molecule has 0 spiro atoms. The molecule has 0 aliphatic carbocycles. The second kappa shape index (κ2) is 6.70. The summed E-state index contributed by atoms with van der Waals surface area (Å²) in [6.07, 6.45) is 0.885. The molecule has 2 aromatic rings. The molecule has 0 bridgehead atoms. The summed E-state index contributed by atoms with van der Waals surface area (Å²) < 4.78 is 15.8. The normalized spacial score (nSPS) is 16.2. The number of furan rings is 1. The molecular formula is C16H16N2O4S. The summed E-state index contributed by atoms with van der Waals surface area (Å²) in [5.41, 5.74) is 0.810. The fraction of sp³-hybridized carbons (Fsp3) is 0.250. The van der Waals surface area contributed by atoms with Crippen LogP contribution in [0.3, 0.4) is 0 Å². The first-order chi connectivity index (χ1) is 11.2. The van der Waals surface area contributed by atoms with Gasteiger partial charge in [0.05, 0.1) is 32.1 Å². The van der Waals surface area contributed by atoms with Crippen molar-refractivity contribution in [2.75, 3.05) is 18.6 Å². The number of methoxy groups -OCH3 is 1. The summed E-state index contributed by atoms with van der Waals surface area (Å²) in [6, 6.07) is 11.1. The summed E-state index contributed by atoms with van der Waals surface area (Å²) in [7, 11) is 1.34. The van der Waals surface area contributed by atoms with Crippen LogP contribution in [0.5, 0.6) is 5.75 Å². The molecule has 120 valence electrons. The van der Waals surface area contributed by atoms with Gasteiger partial charge in [-0.2, -0.15) is 0 Å². The lowest BCUT2D eigenvalue weighted by Gasteiger charge is -2.35. The van der Waals surface area contributed by atoms with Gasteiger partial charge in [0.15, 0.2) is 5.11 Å². The molecule has 1 aromatic heterocycles. The van der Waals surface area contributed by atoms with Crippen LogP contribution in [0.15, 0.2) is 47.1 Å². The number of carbonyl (C=O) groups excluding carboxylic acids is 1. The Morgan fingerprint density at radius 1 is 1.39 bits per heavy atom. The van der Waals surface area contributed by atoms with Crippen LogP contribution >= 0.6 is 12.2 Å².